The molecule has 0 unspecified atom stereocenters. The number of Topliss-reactive ketones (excluding diaryl/α,β-unsaturated/α-hetero) is 1. The van der Waals surface area contributed by atoms with Crippen molar-refractivity contribution < 1.29 is 14.3 Å². The molecule has 1 N–H and O–H groups in total. The second-order valence-electron chi connectivity index (χ2n) is 6.00. The van der Waals surface area contributed by atoms with E-state index < -0.39 is 0 Å². The highest BCUT2D eigenvalue weighted by Gasteiger charge is 2.12. The average Bonchev–Trinajstić information content (AvgIpc) is 3.19. The van der Waals surface area contributed by atoms with Crippen LogP contribution in [0.4, 0.5) is 5.69 Å². The van der Waals surface area contributed by atoms with E-state index in [9.17, 15) is 9.59 Å². The van der Waals surface area contributed by atoms with Crippen LogP contribution in [-0.4, -0.2) is 35.8 Å². The second-order valence-corrected chi connectivity index (χ2v) is 8.96. The number of ketones is 1. The molecule has 1 heterocycles. The number of carbonyl (C=O) groups is 2. The number of aromatic nitrogens is 1. The van der Waals surface area contributed by atoms with Crippen LogP contribution in [0.5, 0.6) is 5.75 Å². The first-order chi connectivity index (χ1) is 14.1. The molecule has 0 spiro atoms. The number of anilines is 1. The molecule has 150 valence electrons. The summed E-state index contributed by atoms with van der Waals surface area (Å²) in [4.78, 5) is 30.1. The number of nitrogens with zero attached hydrogens (tertiary/aromatic N) is 1. The van der Waals surface area contributed by atoms with Gasteiger partial charge in [0, 0.05) is 21.5 Å². The van der Waals surface area contributed by atoms with Gasteiger partial charge in [-0.05, 0) is 48.7 Å². The van der Waals surface area contributed by atoms with Crippen molar-refractivity contribution in [1.29, 1.82) is 0 Å². The Kier molecular flexibility index (Phi) is 7.74. The quantitative estimate of drug-likeness (QED) is 0.369. The third kappa shape index (κ3) is 6.35. The van der Waals surface area contributed by atoms with Gasteiger partial charge in [0.15, 0.2) is 10.1 Å². The molecule has 8 heteroatoms. The summed E-state index contributed by atoms with van der Waals surface area (Å²) in [6.07, 6.45) is 2.20. The molecular weight excluding hydrogens is 424 g/mol. The van der Waals surface area contributed by atoms with Crippen molar-refractivity contribution in [3.05, 3.63) is 65.2 Å². The van der Waals surface area contributed by atoms with Gasteiger partial charge in [0.1, 0.15) is 5.75 Å². The van der Waals surface area contributed by atoms with Gasteiger partial charge in [0.25, 0.3) is 0 Å². The van der Waals surface area contributed by atoms with Crippen LogP contribution >= 0.6 is 34.9 Å². The summed E-state index contributed by atoms with van der Waals surface area (Å²) in [5.74, 6) is 0.935. The number of thioether (sulfide) groups is 2. The summed E-state index contributed by atoms with van der Waals surface area (Å²) in [5.41, 5.74) is 2.12. The summed E-state index contributed by atoms with van der Waals surface area (Å²) in [6, 6.07) is 14.8. The Morgan fingerprint density at radius 3 is 2.69 bits per heavy atom. The Bertz CT molecular complexity index is 987. The molecule has 0 aliphatic heterocycles. The van der Waals surface area contributed by atoms with Crippen molar-refractivity contribution in [1.82, 2.24) is 4.98 Å². The van der Waals surface area contributed by atoms with Gasteiger partial charge in [0.05, 0.1) is 25.0 Å². The van der Waals surface area contributed by atoms with E-state index in [1.54, 1.807) is 43.1 Å². The van der Waals surface area contributed by atoms with Gasteiger partial charge >= 0.3 is 0 Å². The number of benzene rings is 2. The number of thiazole rings is 1. The average molecular weight is 445 g/mol. The van der Waals surface area contributed by atoms with Gasteiger partial charge < -0.3 is 10.1 Å². The molecule has 3 rings (SSSR count). The first-order valence-corrected chi connectivity index (χ1v) is 11.8. The molecule has 1 amide bonds. The third-order valence-electron chi connectivity index (χ3n) is 3.96. The second kappa shape index (κ2) is 10.5. The lowest BCUT2D eigenvalue weighted by Crippen LogP contribution is -2.14. The number of rotatable bonds is 9. The molecule has 0 aliphatic carbocycles. The molecule has 0 saturated heterocycles. The first kappa shape index (κ1) is 21.4. The zero-order valence-corrected chi connectivity index (χ0v) is 18.5. The Labute approximate surface area is 182 Å². The number of ether oxygens (including phenoxy) is 1. The molecule has 0 aliphatic rings. The van der Waals surface area contributed by atoms with E-state index in [0.29, 0.717) is 17.0 Å². The summed E-state index contributed by atoms with van der Waals surface area (Å²) in [7, 11) is 1.59. The SMILES string of the molecule is COc1ccc(C(=O)CSc2nc(CC(=O)Nc3cccc(SC)c3)cs2)cc1. The number of amides is 1. The van der Waals surface area contributed by atoms with Crippen LogP contribution in [0.3, 0.4) is 0 Å². The molecule has 0 bridgehead atoms. The molecule has 0 fully saturated rings. The highest BCUT2D eigenvalue weighted by molar-refractivity contribution is 8.01. The Balaban J connectivity index is 1.50. The number of carbonyl (C=O) groups excluding carboxylic acids is 2. The van der Waals surface area contributed by atoms with Crippen LogP contribution in [0.15, 0.2) is 63.1 Å². The Morgan fingerprint density at radius 2 is 1.97 bits per heavy atom. The van der Waals surface area contributed by atoms with Crippen LogP contribution in [-0.2, 0) is 11.2 Å². The van der Waals surface area contributed by atoms with Crippen molar-refractivity contribution in [2.45, 2.75) is 15.7 Å². The number of nitrogens with one attached hydrogen (secondary N) is 1. The molecule has 29 heavy (non-hydrogen) atoms. The fourth-order valence-electron chi connectivity index (χ4n) is 2.49. The summed E-state index contributed by atoms with van der Waals surface area (Å²) < 4.78 is 5.88. The van der Waals surface area contributed by atoms with Gasteiger partial charge in [-0.2, -0.15) is 0 Å². The van der Waals surface area contributed by atoms with Crippen molar-refractivity contribution >= 4 is 52.2 Å². The molecule has 2 aromatic carbocycles. The minimum absolute atomic E-state index is 0.0285. The van der Waals surface area contributed by atoms with E-state index in [1.807, 2.05) is 35.9 Å². The maximum Gasteiger partial charge on any atom is 0.230 e. The normalized spacial score (nSPS) is 10.6. The van der Waals surface area contributed by atoms with Crippen LogP contribution < -0.4 is 10.1 Å². The molecule has 1 aromatic heterocycles. The first-order valence-electron chi connectivity index (χ1n) is 8.75. The predicted molar refractivity (Wildman–Crippen MR) is 121 cm³/mol. The summed E-state index contributed by atoms with van der Waals surface area (Å²) >= 11 is 4.45. The van der Waals surface area contributed by atoms with Crippen LogP contribution in [0.25, 0.3) is 0 Å². The van der Waals surface area contributed by atoms with E-state index in [4.69, 9.17) is 4.74 Å². The number of hydrogen-bond acceptors (Lipinski definition) is 7. The molecular formula is C21H20N2O3S3. The lowest BCUT2D eigenvalue weighted by Gasteiger charge is -2.05. The molecule has 5 nitrogen and oxygen atoms in total. The van der Waals surface area contributed by atoms with Crippen LogP contribution in [0.2, 0.25) is 0 Å². The standard InChI is InChI=1S/C21H20N2O3S3/c1-26-17-8-6-14(7-9-17)19(24)13-29-21-23-16(12-28-21)11-20(25)22-15-4-3-5-18(10-15)27-2/h3-10,12H,11,13H2,1-2H3,(H,22,25). The zero-order chi connectivity index (χ0) is 20.6. The van der Waals surface area contributed by atoms with Crippen molar-refractivity contribution in [2.24, 2.45) is 0 Å². The smallest absolute Gasteiger partial charge is 0.230 e. The van der Waals surface area contributed by atoms with Gasteiger partial charge in [-0.1, -0.05) is 17.8 Å². The predicted octanol–water partition coefficient (Wildman–Crippen LogP) is 5.03. The van der Waals surface area contributed by atoms with Gasteiger partial charge in [-0.3, -0.25) is 9.59 Å². The van der Waals surface area contributed by atoms with Crippen molar-refractivity contribution in [3.8, 4) is 5.75 Å². The van der Waals surface area contributed by atoms with E-state index >= 15 is 0 Å². The van der Waals surface area contributed by atoms with E-state index in [0.717, 1.165) is 20.7 Å². The third-order valence-corrected chi connectivity index (χ3v) is 6.76. The van der Waals surface area contributed by atoms with Gasteiger partial charge in [-0.15, -0.1) is 23.1 Å². The van der Waals surface area contributed by atoms with Gasteiger partial charge in [-0.25, -0.2) is 4.98 Å². The minimum Gasteiger partial charge on any atom is -0.497 e. The molecule has 0 radical (unpaired) electrons. The molecule has 0 saturated carbocycles. The number of hydrogen-bond donors (Lipinski definition) is 1. The largest absolute Gasteiger partial charge is 0.497 e. The minimum atomic E-state index is -0.112. The fraction of sp³-hybridized carbons (Fsp3) is 0.190. The summed E-state index contributed by atoms with van der Waals surface area (Å²) in [5, 5.41) is 4.76. The zero-order valence-electron chi connectivity index (χ0n) is 16.0. The van der Waals surface area contributed by atoms with Crippen molar-refractivity contribution in [3.63, 3.8) is 0 Å². The fourth-order valence-corrected chi connectivity index (χ4v) is 4.69. The Morgan fingerprint density at radius 1 is 1.17 bits per heavy atom. The maximum atomic E-state index is 12.3. The molecule has 0 atom stereocenters. The molecule has 3 aromatic rings. The van der Waals surface area contributed by atoms with E-state index in [-0.39, 0.29) is 18.1 Å². The maximum absolute atomic E-state index is 12.3. The topological polar surface area (TPSA) is 68.3 Å². The van der Waals surface area contributed by atoms with Crippen LogP contribution in [0.1, 0.15) is 16.1 Å². The van der Waals surface area contributed by atoms with E-state index in [2.05, 4.69) is 10.3 Å². The van der Waals surface area contributed by atoms with Gasteiger partial charge in [0.2, 0.25) is 5.91 Å². The monoisotopic (exact) mass is 444 g/mol. The van der Waals surface area contributed by atoms with Crippen LogP contribution in [0, 0.1) is 0 Å². The lowest BCUT2D eigenvalue weighted by atomic mass is 10.1. The highest BCUT2D eigenvalue weighted by atomic mass is 32.2. The van der Waals surface area contributed by atoms with E-state index in [1.165, 1.54) is 23.1 Å². The Hall–Kier alpha value is -2.29. The highest BCUT2D eigenvalue weighted by Crippen LogP contribution is 2.25. The van der Waals surface area contributed by atoms with Crippen molar-refractivity contribution in [2.75, 3.05) is 24.4 Å². The lowest BCUT2D eigenvalue weighted by molar-refractivity contribution is -0.115. The number of methoxy groups -OCH3 is 1. The summed E-state index contributed by atoms with van der Waals surface area (Å²) in [6.45, 7) is 0.